The number of anilines is 6. The van der Waals surface area contributed by atoms with Gasteiger partial charge in [-0.1, -0.05) is 170 Å². The van der Waals surface area contributed by atoms with Crippen LogP contribution >= 0.6 is 31.9 Å². The topological polar surface area (TPSA) is 6.48 Å². The molecule has 0 bridgehead atoms. The van der Waals surface area contributed by atoms with E-state index in [9.17, 15) is 0 Å². The Balaban J connectivity index is 1.39. The van der Waals surface area contributed by atoms with Crippen LogP contribution in [-0.4, -0.2) is 0 Å². The third-order valence-corrected chi connectivity index (χ3v) is 13.6. The molecule has 1 aliphatic carbocycles. The predicted octanol–water partition coefficient (Wildman–Crippen LogP) is 18.5. The number of unbranched alkanes of at least 4 members (excludes halogenated alkanes) is 10. The summed E-state index contributed by atoms with van der Waals surface area (Å²) in [7, 11) is 0. The van der Waals surface area contributed by atoms with E-state index < -0.39 is 0 Å². The second-order valence-corrected chi connectivity index (χ2v) is 18.7. The van der Waals surface area contributed by atoms with Crippen LogP contribution in [0.3, 0.4) is 0 Å². The van der Waals surface area contributed by atoms with Crippen LogP contribution in [0.15, 0.2) is 142 Å². The molecule has 0 aliphatic heterocycles. The van der Waals surface area contributed by atoms with Crippen LogP contribution in [0.2, 0.25) is 0 Å². The van der Waals surface area contributed by atoms with E-state index in [0.717, 1.165) is 33.2 Å². The highest BCUT2D eigenvalue weighted by Gasteiger charge is 2.43. The van der Waals surface area contributed by atoms with Crippen molar-refractivity contribution in [3.05, 3.63) is 165 Å². The number of fused-ring (bicyclic) bond motifs is 3. The summed E-state index contributed by atoms with van der Waals surface area (Å²) in [5.74, 6) is 0. The number of rotatable bonds is 20. The number of hydrogen-bond acceptors (Lipinski definition) is 2. The zero-order valence-electron chi connectivity index (χ0n) is 35.8. The quantitative estimate of drug-likeness (QED) is 0.0704. The fourth-order valence-corrected chi connectivity index (χ4v) is 9.82. The first-order valence-corrected chi connectivity index (χ1v) is 23.9. The molecule has 2 nitrogen and oxygen atoms in total. The first kappa shape index (κ1) is 43.0. The Hall–Kier alpha value is -4.12. The average Bonchev–Trinajstić information content (AvgIpc) is 3.51. The second kappa shape index (κ2) is 20.4. The minimum Gasteiger partial charge on any atom is -0.310 e. The van der Waals surface area contributed by atoms with Crippen molar-refractivity contribution >= 4 is 66.0 Å². The van der Waals surface area contributed by atoms with Crippen LogP contribution in [0, 0.1) is 13.8 Å². The van der Waals surface area contributed by atoms with Crippen molar-refractivity contribution in [3.8, 4) is 11.1 Å². The normalized spacial score (nSPS) is 12.6. The molecule has 0 saturated heterocycles. The van der Waals surface area contributed by atoms with Crippen LogP contribution in [0.1, 0.15) is 126 Å². The molecule has 0 aromatic heterocycles. The lowest BCUT2D eigenvalue weighted by Crippen LogP contribution is -2.26. The molecule has 59 heavy (non-hydrogen) atoms. The molecule has 1 aliphatic rings. The van der Waals surface area contributed by atoms with E-state index >= 15 is 0 Å². The maximum atomic E-state index is 3.70. The summed E-state index contributed by atoms with van der Waals surface area (Å²) in [6.45, 7) is 8.98. The second-order valence-electron chi connectivity index (χ2n) is 16.9. The molecule has 0 fully saturated rings. The number of nitrogens with zero attached hydrogens (tertiary/aromatic N) is 2. The molecular formula is C55H62Br2N2. The Kier molecular flexibility index (Phi) is 14.9. The van der Waals surface area contributed by atoms with Gasteiger partial charge in [0.2, 0.25) is 0 Å². The van der Waals surface area contributed by atoms with Crippen LogP contribution in [0.5, 0.6) is 0 Å². The maximum absolute atomic E-state index is 3.70. The van der Waals surface area contributed by atoms with E-state index in [1.807, 2.05) is 0 Å². The lowest BCUT2D eigenvalue weighted by atomic mass is 9.70. The molecule has 0 radical (unpaired) electrons. The monoisotopic (exact) mass is 908 g/mol. The van der Waals surface area contributed by atoms with Crippen molar-refractivity contribution < 1.29 is 0 Å². The molecule has 4 heteroatoms. The minimum atomic E-state index is -0.0937. The van der Waals surface area contributed by atoms with Gasteiger partial charge in [0.1, 0.15) is 0 Å². The maximum Gasteiger partial charge on any atom is 0.0465 e. The third-order valence-electron chi connectivity index (χ3n) is 12.5. The predicted molar refractivity (Wildman–Crippen MR) is 263 cm³/mol. The Morgan fingerprint density at radius 1 is 0.373 bits per heavy atom. The van der Waals surface area contributed by atoms with E-state index in [1.54, 1.807) is 0 Å². The molecule has 7 rings (SSSR count). The standard InChI is InChI=1S/C55H62Br2N2/c1-5-7-9-11-13-15-37-55(38-16-14-12-10-8-6-2)53-39-49(58(45-25-17-41(3)18-26-45)47-29-21-43(56)22-30-47)33-35-51(53)52-36-34-50(40-54(52)55)59(46-27-19-42(4)20-28-46)48-31-23-44(57)24-32-48/h17-36,39-40H,5-16,37-38H2,1-4H3. The first-order valence-electron chi connectivity index (χ1n) is 22.4. The molecule has 0 spiro atoms. The van der Waals surface area contributed by atoms with Crippen molar-refractivity contribution in [1.29, 1.82) is 0 Å². The highest BCUT2D eigenvalue weighted by molar-refractivity contribution is 9.10. The summed E-state index contributed by atoms with van der Waals surface area (Å²) < 4.78 is 2.18. The van der Waals surface area contributed by atoms with Gasteiger partial charge in [-0.05, 0) is 146 Å². The van der Waals surface area contributed by atoms with Gasteiger partial charge in [-0.15, -0.1) is 0 Å². The van der Waals surface area contributed by atoms with E-state index in [4.69, 9.17) is 0 Å². The molecule has 306 valence electrons. The van der Waals surface area contributed by atoms with Gasteiger partial charge >= 0.3 is 0 Å². The van der Waals surface area contributed by atoms with Crippen molar-refractivity contribution in [1.82, 2.24) is 0 Å². The lowest BCUT2D eigenvalue weighted by molar-refractivity contribution is 0.398. The van der Waals surface area contributed by atoms with Gasteiger partial charge in [0.15, 0.2) is 0 Å². The smallest absolute Gasteiger partial charge is 0.0465 e. The zero-order valence-corrected chi connectivity index (χ0v) is 38.9. The summed E-state index contributed by atoms with van der Waals surface area (Å²) in [6.07, 6.45) is 17.9. The van der Waals surface area contributed by atoms with E-state index in [2.05, 4.69) is 203 Å². The molecule has 0 heterocycles. The van der Waals surface area contributed by atoms with Crippen molar-refractivity contribution in [2.45, 2.75) is 123 Å². The Labute approximate surface area is 372 Å². The largest absolute Gasteiger partial charge is 0.310 e. The first-order chi connectivity index (χ1) is 28.8. The number of halogens is 2. The highest BCUT2D eigenvalue weighted by Crippen LogP contribution is 2.57. The van der Waals surface area contributed by atoms with E-state index in [0.29, 0.717) is 0 Å². The van der Waals surface area contributed by atoms with Crippen LogP contribution in [0.25, 0.3) is 11.1 Å². The zero-order chi connectivity index (χ0) is 41.2. The van der Waals surface area contributed by atoms with Gasteiger partial charge in [0.25, 0.3) is 0 Å². The molecule has 0 N–H and O–H groups in total. The summed E-state index contributed by atoms with van der Waals surface area (Å²) in [5, 5.41) is 0. The Morgan fingerprint density at radius 2 is 0.678 bits per heavy atom. The SMILES string of the molecule is CCCCCCCCC1(CCCCCCCC)c2cc(N(c3ccc(C)cc3)c3ccc(Br)cc3)ccc2-c2ccc(N(c3ccc(C)cc3)c3ccc(Br)cc3)cc21. The van der Waals surface area contributed by atoms with Crippen LogP contribution in [-0.2, 0) is 5.41 Å². The lowest BCUT2D eigenvalue weighted by Gasteiger charge is -2.35. The summed E-state index contributed by atoms with van der Waals surface area (Å²) >= 11 is 7.41. The average molecular weight is 911 g/mol. The van der Waals surface area contributed by atoms with E-state index in [-0.39, 0.29) is 5.41 Å². The highest BCUT2D eigenvalue weighted by atomic mass is 79.9. The third kappa shape index (κ3) is 10.1. The molecule has 0 amide bonds. The van der Waals surface area contributed by atoms with Gasteiger partial charge < -0.3 is 9.80 Å². The van der Waals surface area contributed by atoms with Crippen LogP contribution in [0.4, 0.5) is 34.1 Å². The van der Waals surface area contributed by atoms with Crippen molar-refractivity contribution in [2.75, 3.05) is 9.80 Å². The summed E-state index contributed by atoms with van der Waals surface area (Å²) in [4.78, 5) is 4.90. The minimum absolute atomic E-state index is 0.0937. The van der Waals surface area contributed by atoms with Crippen molar-refractivity contribution in [2.24, 2.45) is 0 Å². The molecule has 0 saturated carbocycles. The van der Waals surface area contributed by atoms with Crippen LogP contribution < -0.4 is 9.80 Å². The van der Waals surface area contributed by atoms with Gasteiger partial charge in [-0.2, -0.15) is 0 Å². The van der Waals surface area contributed by atoms with Gasteiger partial charge in [-0.25, -0.2) is 0 Å². The molecular weight excluding hydrogens is 848 g/mol. The van der Waals surface area contributed by atoms with Gasteiger partial charge in [0.05, 0.1) is 0 Å². The van der Waals surface area contributed by atoms with Crippen molar-refractivity contribution in [3.63, 3.8) is 0 Å². The summed E-state index contributed by atoms with van der Waals surface area (Å²) in [6, 6.07) is 50.4. The fourth-order valence-electron chi connectivity index (χ4n) is 9.29. The molecule has 0 unspecified atom stereocenters. The molecule has 6 aromatic rings. The summed E-state index contributed by atoms with van der Waals surface area (Å²) in [5.41, 5.74) is 15.4. The molecule has 0 atom stereocenters. The number of hydrogen-bond donors (Lipinski definition) is 0. The number of benzene rings is 6. The van der Waals surface area contributed by atoms with E-state index in [1.165, 1.54) is 133 Å². The number of aryl methyl sites for hydroxylation is 2. The van der Waals surface area contributed by atoms with Gasteiger partial charge in [-0.3, -0.25) is 0 Å². The Bertz CT molecular complexity index is 1990. The fraction of sp³-hybridized carbons (Fsp3) is 0.345. The van der Waals surface area contributed by atoms with Gasteiger partial charge in [0, 0.05) is 48.5 Å². The Morgan fingerprint density at radius 3 is 1.03 bits per heavy atom. The molecule has 6 aromatic carbocycles.